The number of unbranched alkanes of at least 4 members (excludes halogenated alkanes) is 4. The summed E-state index contributed by atoms with van der Waals surface area (Å²) in [7, 11) is 0. The average molecular weight is 198 g/mol. The quantitative estimate of drug-likeness (QED) is 0.504. The second-order valence-electron chi connectivity index (χ2n) is 3.96. The van der Waals surface area contributed by atoms with E-state index in [4.69, 9.17) is 0 Å². The summed E-state index contributed by atoms with van der Waals surface area (Å²) in [5.74, 6) is -0.206. The van der Waals surface area contributed by atoms with Gasteiger partial charge in [-0.2, -0.15) is 0 Å². The second kappa shape index (κ2) is 6.77. The zero-order valence-electron chi connectivity index (χ0n) is 9.55. The van der Waals surface area contributed by atoms with Crippen molar-refractivity contribution in [1.82, 2.24) is 0 Å². The van der Waals surface area contributed by atoms with Crippen LogP contribution in [-0.2, 0) is 4.79 Å². The molecule has 0 amide bonds. The molecule has 0 aromatic carbocycles. The van der Waals surface area contributed by atoms with Gasteiger partial charge >= 0.3 is 0 Å². The topological polar surface area (TPSA) is 37.3 Å². The molecule has 0 aliphatic rings. The smallest absolute Gasteiger partial charge is 0.164 e. The predicted octanol–water partition coefficient (Wildman–Crippen LogP) is 2.85. The molecule has 0 saturated carbocycles. The summed E-state index contributed by atoms with van der Waals surface area (Å²) in [6.45, 7) is 5.11. The molecule has 1 unspecified atom stereocenters. The first-order chi connectivity index (χ1) is 6.50. The van der Waals surface area contributed by atoms with Crippen LogP contribution in [0.25, 0.3) is 0 Å². The minimum atomic E-state index is -1.27. The van der Waals surface area contributed by atoms with Crippen LogP contribution >= 0.6 is 0 Å². The van der Waals surface area contributed by atoms with Crippen molar-refractivity contribution < 1.29 is 9.90 Å². The number of Topliss-reactive ketones (excluding diaryl/α,β-unsaturated/α-hetero) is 1. The SMILES string of the molecule is CCCCCC/C=C/C(C)(O)C(C)=O. The third kappa shape index (κ3) is 5.92. The lowest BCUT2D eigenvalue weighted by Crippen LogP contribution is -2.30. The van der Waals surface area contributed by atoms with Crippen LogP contribution in [0.15, 0.2) is 12.2 Å². The maximum atomic E-state index is 10.9. The van der Waals surface area contributed by atoms with Crippen molar-refractivity contribution in [1.29, 1.82) is 0 Å². The molecule has 0 heterocycles. The number of ketones is 1. The Morgan fingerprint density at radius 2 is 2.00 bits per heavy atom. The summed E-state index contributed by atoms with van der Waals surface area (Å²) in [6.07, 6.45) is 9.30. The molecule has 0 fully saturated rings. The van der Waals surface area contributed by atoms with E-state index >= 15 is 0 Å². The Bertz CT molecular complexity index is 192. The van der Waals surface area contributed by atoms with Gasteiger partial charge in [-0.25, -0.2) is 0 Å². The first-order valence-corrected chi connectivity index (χ1v) is 5.42. The van der Waals surface area contributed by atoms with E-state index < -0.39 is 5.60 Å². The Kier molecular flexibility index (Phi) is 6.46. The third-order valence-corrected chi connectivity index (χ3v) is 2.38. The van der Waals surface area contributed by atoms with Gasteiger partial charge in [-0.05, 0) is 32.8 Å². The van der Waals surface area contributed by atoms with Gasteiger partial charge in [0.15, 0.2) is 5.78 Å². The van der Waals surface area contributed by atoms with Crippen LogP contribution < -0.4 is 0 Å². The van der Waals surface area contributed by atoms with Crippen molar-refractivity contribution in [3.63, 3.8) is 0 Å². The first kappa shape index (κ1) is 13.4. The molecule has 0 radical (unpaired) electrons. The summed E-state index contributed by atoms with van der Waals surface area (Å²) in [5, 5.41) is 9.56. The van der Waals surface area contributed by atoms with E-state index in [-0.39, 0.29) is 5.78 Å². The largest absolute Gasteiger partial charge is 0.378 e. The highest BCUT2D eigenvalue weighted by molar-refractivity contribution is 5.86. The Labute approximate surface area is 87.0 Å². The molecule has 0 spiro atoms. The standard InChI is InChI=1S/C12H22O2/c1-4-5-6-7-8-9-10-12(3,14)11(2)13/h9-10,14H,4-8H2,1-3H3/b10-9+. The van der Waals surface area contributed by atoms with E-state index in [1.165, 1.54) is 33.1 Å². The predicted molar refractivity (Wildman–Crippen MR) is 59.2 cm³/mol. The first-order valence-electron chi connectivity index (χ1n) is 5.42. The fraction of sp³-hybridized carbons (Fsp3) is 0.750. The van der Waals surface area contributed by atoms with Crippen LogP contribution in [0.5, 0.6) is 0 Å². The number of hydrogen-bond donors (Lipinski definition) is 1. The molecule has 1 atom stereocenters. The van der Waals surface area contributed by atoms with Gasteiger partial charge in [-0.3, -0.25) is 4.79 Å². The summed E-state index contributed by atoms with van der Waals surface area (Å²) in [5.41, 5.74) is -1.27. The molecule has 0 aromatic rings. The number of carbonyl (C=O) groups excluding carboxylic acids is 1. The summed E-state index contributed by atoms with van der Waals surface area (Å²) in [4.78, 5) is 10.9. The summed E-state index contributed by atoms with van der Waals surface area (Å²) >= 11 is 0. The van der Waals surface area contributed by atoms with Crippen LogP contribution in [0, 0.1) is 0 Å². The molecule has 2 heteroatoms. The van der Waals surface area contributed by atoms with Crippen LogP contribution in [0.3, 0.4) is 0 Å². The zero-order chi connectivity index (χ0) is 11.0. The fourth-order valence-electron chi connectivity index (χ4n) is 1.12. The van der Waals surface area contributed by atoms with Crippen molar-refractivity contribution in [2.45, 2.75) is 58.5 Å². The van der Waals surface area contributed by atoms with Crippen molar-refractivity contribution in [2.24, 2.45) is 0 Å². The van der Waals surface area contributed by atoms with Crippen molar-refractivity contribution in [3.05, 3.63) is 12.2 Å². The van der Waals surface area contributed by atoms with E-state index in [2.05, 4.69) is 6.92 Å². The van der Waals surface area contributed by atoms with Crippen LogP contribution in [0.2, 0.25) is 0 Å². The Morgan fingerprint density at radius 3 is 2.50 bits per heavy atom. The average Bonchev–Trinajstić information content (AvgIpc) is 2.10. The highest BCUT2D eigenvalue weighted by Crippen LogP contribution is 2.09. The van der Waals surface area contributed by atoms with Crippen LogP contribution in [0.1, 0.15) is 52.9 Å². The molecule has 0 aliphatic carbocycles. The van der Waals surface area contributed by atoms with Gasteiger partial charge in [0.2, 0.25) is 0 Å². The van der Waals surface area contributed by atoms with E-state index in [1.807, 2.05) is 6.08 Å². The molecule has 0 aromatic heterocycles. The van der Waals surface area contributed by atoms with Crippen molar-refractivity contribution in [3.8, 4) is 0 Å². The van der Waals surface area contributed by atoms with Crippen LogP contribution in [-0.4, -0.2) is 16.5 Å². The Balaban J connectivity index is 3.67. The van der Waals surface area contributed by atoms with Gasteiger partial charge in [0.1, 0.15) is 5.60 Å². The van der Waals surface area contributed by atoms with Crippen molar-refractivity contribution >= 4 is 5.78 Å². The summed E-state index contributed by atoms with van der Waals surface area (Å²) < 4.78 is 0. The van der Waals surface area contributed by atoms with Gasteiger partial charge in [-0.15, -0.1) is 0 Å². The van der Waals surface area contributed by atoms with Gasteiger partial charge < -0.3 is 5.11 Å². The van der Waals surface area contributed by atoms with E-state index in [9.17, 15) is 9.90 Å². The molecule has 14 heavy (non-hydrogen) atoms. The number of carbonyl (C=O) groups is 1. The Morgan fingerprint density at radius 1 is 1.36 bits per heavy atom. The molecule has 0 saturated heterocycles. The van der Waals surface area contributed by atoms with E-state index in [0.717, 1.165) is 12.8 Å². The lowest BCUT2D eigenvalue weighted by atomic mass is 10.0. The maximum Gasteiger partial charge on any atom is 0.164 e. The normalized spacial score (nSPS) is 15.7. The highest BCUT2D eigenvalue weighted by atomic mass is 16.3. The second-order valence-corrected chi connectivity index (χ2v) is 3.96. The molecular formula is C12H22O2. The number of allylic oxidation sites excluding steroid dienone is 1. The molecule has 2 nitrogen and oxygen atoms in total. The van der Waals surface area contributed by atoms with Gasteiger partial charge in [0.25, 0.3) is 0 Å². The Hall–Kier alpha value is -0.630. The number of aliphatic hydroxyl groups is 1. The maximum absolute atomic E-state index is 10.9. The molecule has 82 valence electrons. The summed E-state index contributed by atoms with van der Waals surface area (Å²) in [6, 6.07) is 0. The van der Waals surface area contributed by atoms with Crippen molar-refractivity contribution in [2.75, 3.05) is 0 Å². The van der Waals surface area contributed by atoms with Gasteiger partial charge in [0, 0.05) is 0 Å². The molecule has 0 rings (SSSR count). The molecule has 0 aliphatic heterocycles. The third-order valence-electron chi connectivity index (χ3n) is 2.38. The van der Waals surface area contributed by atoms with E-state index in [0.29, 0.717) is 0 Å². The molecular weight excluding hydrogens is 176 g/mol. The number of rotatable bonds is 7. The van der Waals surface area contributed by atoms with E-state index in [1.54, 1.807) is 6.08 Å². The number of hydrogen-bond acceptors (Lipinski definition) is 2. The van der Waals surface area contributed by atoms with Gasteiger partial charge in [-0.1, -0.05) is 32.3 Å². The lowest BCUT2D eigenvalue weighted by Gasteiger charge is -2.13. The zero-order valence-corrected chi connectivity index (χ0v) is 9.55. The molecule has 1 N–H and O–H groups in total. The minimum Gasteiger partial charge on any atom is -0.378 e. The highest BCUT2D eigenvalue weighted by Gasteiger charge is 2.21. The monoisotopic (exact) mass is 198 g/mol. The fourth-order valence-corrected chi connectivity index (χ4v) is 1.12. The minimum absolute atomic E-state index is 0.206. The molecule has 0 bridgehead atoms. The lowest BCUT2D eigenvalue weighted by molar-refractivity contribution is -0.129. The van der Waals surface area contributed by atoms with Gasteiger partial charge in [0.05, 0.1) is 0 Å². The van der Waals surface area contributed by atoms with Crippen LogP contribution in [0.4, 0.5) is 0 Å².